The number of nitrogens with two attached hydrogens (primary N) is 1. The van der Waals surface area contributed by atoms with Crippen molar-refractivity contribution in [3.8, 4) is 0 Å². The number of carbonyl (C=O) groups is 1. The molecule has 3 rings (SSSR count). The Morgan fingerprint density at radius 2 is 1.97 bits per heavy atom. The summed E-state index contributed by atoms with van der Waals surface area (Å²) in [7, 11) is 0. The van der Waals surface area contributed by atoms with Gasteiger partial charge in [-0.2, -0.15) is 0 Å². The predicted octanol–water partition coefficient (Wildman–Crippen LogP) is 2.70. The van der Waals surface area contributed by atoms with E-state index in [2.05, 4.69) is 27.2 Å². The van der Waals surface area contributed by atoms with Crippen LogP contribution in [0.2, 0.25) is 5.21 Å². The van der Waals surface area contributed by atoms with E-state index in [1.807, 2.05) is 6.92 Å². The molecule has 0 saturated carbocycles. The van der Waals surface area contributed by atoms with Gasteiger partial charge in [0.2, 0.25) is 0 Å². The third kappa shape index (κ3) is 4.92. The number of nitrogens with one attached hydrogen (secondary N) is 1. The van der Waals surface area contributed by atoms with Gasteiger partial charge in [0.05, 0.1) is 0 Å². The van der Waals surface area contributed by atoms with E-state index in [4.69, 9.17) is 5.73 Å². The van der Waals surface area contributed by atoms with E-state index in [-0.39, 0.29) is 18.4 Å². The molecule has 0 saturated heterocycles. The Kier molecular flexibility index (Phi) is 6.97. The van der Waals surface area contributed by atoms with Gasteiger partial charge in [0, 0.05) is 0 Å². The predicted molar refractivity (Wildman–Crippen MR) is 110 cm³/mol. The number of anilines is 2. The molecule has 160 valence electrons. The van der Waals surface area contributed by atoms with Crippen molar-refractivity contribution < 1.29 is 18.0 Å². The zero-order valence-electron chi connectivity index (χ0n) is 16.5. The SMILES string of the molecule is CCC[AsH]c1ncc2nc(Nc3c(F)cc(F)cc3F)n([C@@H](C)CCC(N)=O)c2n1. The second-order valence-electron chi connectivity index (χ2n) is 6.86. The summed E-state index contributed by atoms with van der Waals surface area (Å²) in [5, 5.41) is 3.65. The van der Waals surface area contributed by atoms with Crippen molar-refractivity contribution in [1.82, 2.24) is 19.5 Å². The van der Waals surface area contributed by atoms with Gasteiger partial charge in [-0.25, -0.2) is 0 Å². The molecule has 0 radical (unpaired) electrons. The zero-order chi connectivity index (χ0) is 21.8. The van der Waals surface area contributed by atoms with Crippen LogP contribution in [-0.4, -0.2) is 41.2 Å². The number of benzene rings is 1. The van der Waals surface area contributed by atoms with Crippen LogP contribution in [0.15, 0.2) is 18.3 Å². The molecule has 30 heavy (non-hydrogen) atoms. The topological polar surface area (TPSA) is 98.7 Å². The summed E-state index contributed by atoms with van der Waals surface area (Å²) in [4.78, 5) is 24.6. The van der Waals surface area contributed by atoms with Crippen molar-refractivity contribution >= 4 is 49.1 Å². The van der Waals surface area contributed by atoms with Crippen molar-refractivity contribution in [3.05, 3.63) is 35.8 Å². The van der Waals surface area contributed by atoms with Crippen molar-refractivity contribution in [2.75, 3.05) is 5.32 Å². The third-order valence-corrected chi connectivity index (χ3v) is 7.20. The number of nitrogens with zero attached hydrogens (tertiary/aromatic N) is 4. The van der Waals surface area contributed by atoms with Crippen molar-refractivity contribution in [2.45, 2.75) is 44.4 Å². The molecule has 2 heterocycles. The van der Waals surface area contributed by atoms with Gasteiger partial charge in [-0.3, -0.25) is 0 Å². The standard InChI is InChI=1S/C19H22AsF3N6O/c1-3-6-20-18-25-9-14-17(28-18)29(10(2)4-5-15(24)30)19(26-14)27-16-12(22)7-11(21)8-13(16)23/h7-10,20H,3-6H2,1-2H3,(H2,24,30)(H,26,27)/t10-/m0/s1. The van der Waals surface area contributed by atoms with Crippen LogP contribution in [0.5, 0.6) is 0 Å². The summed E-state index contributed by atoms with van der Waals surface area (Å²) in [6.07, 6.45) is 3.12. The van der Waals surface area contributed by atoms with E-state index in [1.54, 1.807) is 10.8 Å². The molecule has 1 aromatic carbocycles. The first kappa shape index (κ1) is 22.1. The molecule has 0 aliphatic heterocycles. The van der Waals surface area contributed by atoms with Crippen molar-refractivity contribution in [3.63, 3.8) is 0 Å². The van der Waals surface area contributed by atoms with Gasteiger partial charge in [0.1, 0.15) is 0 Å². The minimum atomic E-state index is -1.09. The Balaban J connectivity index is 2.07. The maximum atomic E-state index is 14.2. The summed E-state index contributed by atoms with van der Waals surface area (Å²) in [5.41, 5.74) is 5.69. The molecule has 3 aromatic rings. The number of halogens is 3. The zero-order valence-corrected chi connectivity index (χ0v) is 18.6. The minimum absolute atomic E-state index is 0.119. The molecule has 0 spiro atoms. The van der Waals surface area contributed by atoms with Crippen LogP contribution in [0, 0.1) is 17.5 Å². The Morgan fingerprint density at radius 3 is 2.60 bits per heavy atom. The number of primary amides is 1. The first-order valence-corrected chi connectivity index (χ1v) is 12.0. The number of imidazole rings is 1. The van der Waals surface area contributed by atoms with Gasteiger partial charge in [0.25, 0.3) is 0 Å². The van der Waals surface area contributed by atoms with Crippen LogP contribution < -0.4 is 15.7 Å². The van der Waals surface area contributed by atoms with E-state index in [1.165, 1.54) is 0 Å². The van der Waals surface area contributed by atoms with Gasteiger partial charge < -0.3 is 0 Å². The number of carbonyl (C=O) groups excluding carboxylic acids is 1. The molecule has 0 aliphatic carbocycles. The maximum absolute atomic E-state index is 14.2. The monoisotopic (exact) mass is 482 g/mol. The molecule has 1 unspecified atom stereocenters. The Morgan fingerprint density at radius 1 is 1.27 bits per heavy atom. The number of fused-ring (bicyclic) bond motifs is 1. The molecular formula is C19H22AsF3N6O. The van der Waals surface area contributed by atoms with Gasteiger partial charge in [-0.1, -0.05) is 0 Å². The van der Waals surface area contributed by atoms with E-state index in [0.717, 1.165) is 16.2 Å². The summed E-state index contributed by atoms with van der Waals surface area (Å²) < 4.78 is 44.0. The second-order valence-corrected chi connectivity index (χ2v) is 9.59. The van der Waals surface area contributed by atoms with Crippen molar-refractivity contribution in [1.29, 1.82) is 0 Å². The fourth-order valence-electron chi connectivity index (χ4n) is 2.97. The molecule has 11 heteroatoms. The molecular weight excluding hydrogens is 460 g/mol. The molecule has 2 aromatic heterocycles. The van der Waals surface area contributed by atoms with Crippen LogP contribution in [0.1, 0.15) is 39.2 Å². The number of aromatic nitrogens is 4. The Labute approximate surface area is 178 Å². The molecule has 0 bridgehead atoms. The summed E-state index contributed by atoms with van der Waals surface area (Å²) in [6.45, 7) is 3.92. The summed E-state index contributed by atoms with van der Waals surface area (Å²) >= 11 is -0.517. The number of rotatable bonds is 9. The fourth-order valence-corrected chi connectivity index (χ4v) is 4.68. The van der Waals surface area contributed by atoms with E-state index in [9.17, 15) is 18.0 Å². The van der Waals surface area contributed by atoms with Crippen LogP contribution >= 0.6 is 0 Å². The van der Waals surface area contributed by atoms with Crippen LogP contribution in [0.3, 0.4) is 0 Å². The second kappa shape index (κ2) is 9.47. The molecule has 2 atom stereocenters. The Bertz CT molecular complexity index is 1050. The molecule has 0 aliphatic rings. The average molecular weight is 482 g/mol. The van der Waals surface area contributed by atoms with Crippen molar-refractivity contribution in [2.24, 2.45) is 5.73 Å². The molecule has 0 fully saturated rings. The quantitative estimate of drug-likeness (QED) is 0.457. The number of amides is 1. The van der Waals surface area contributed by atoms with Gasteiger partial charge in [-0.05, 0) is 0 Å². The normalized spacial score (nSPS) is 12.7. The third-order valence-electron chi connectivity index (χ3n) is 4.46. The van der Waals surface area contributed by atoms with Crippen LogP contribution in [0.25, 0.3) is 11.2 Å². The first-order valence-electron chi connectivity index (χ1n) is 9.48. The van der Waals surface area contributed by atoms with Gasteiger partial charge in [-0.15, -0.1) is 0 Å². The van der Waals surface area contributed by atoms with E-state index < -0.39 is 44.8 Å². The summed E-state index contributed by atoms with van der Waals surface area (Å²) in [6, 6.07) is 0.871. The van der Waals surface area contributed by atoms with E-state index in [0.29, 0.717) is 29.7 Å². The Hall–Kier alpha value is -2.61. The molecule has 3 N–H and O–H groups in total. The number of hydrogen-bond donors (Lipinski definition) is 2. The average Bonchev–Trinajstić information content (AvgIpc) is 3.04. The summed E-state index contributed by atoms with van der Waals surface area (Å²) in [5.74, 6) is -3.53. The molecule has 1 amide bonds. The van der Waals surface area contributed by atoms with Crippen LogP contribution in [0.4, 0.5) is 24.8 Å². The van der Waals surface area contributed by atoms with Crippen LogP contribution in [-0.2, 0) is 4.79 Å². The fraction of sp³-hybridized carbons (Fsp3) is 0.368. The van der Waals surface area contributed by atoms with Gasteiger partial charge in [0.15, 0.2) is 0 Å². The molecule has 7 nitrogen and oxygen atoms in total. The van der Waals surface area contributed by atoms with E-state index >= 15 is 0 Å². The van der Waals surface area contributed by atoms with Gasteiger partial charge >= 0.3 is 178 Å². The number of hydrogen-bond acceptors (Lipinski definition) is 5. The first-order chi connectivity index (χ1) is 14.3.